The largest absolute Gasteiger partial charge is 0.198 e. The molecule has 0 atom stereocenters. The van der Waals surface area contributed by atoms with Gasteiger partial charge in [-0.2, -0.15) is 5.26 Å². The number of unbranched alkanes of at least 4 members (excludes halogenated alkanes) is 1. The van der Waals surface area contributed by atoms with Gasteiger partial charge in [0, 0.05) is 6.42 Å². The zero-order chi connectivity index (χ0) is 16.7. The van der Waals surface area contributed by atoms with Crippen LogP contribution in [-0.2, 0) is 0 Å². The van der Waals surface area contributed by atoms with Crippen molar-refractivity contribution in [3.05, 3.63) is 91.0 Å². The molecule has 0 amide bonds. The van der Waals surface area contributed by atoms with E-state index >= 15 is 0 Å². The summed E-state index contributed by atoms with van der Waals surface area (Å²) in [5.74, 6) is 2.40. The summed E-state index contributed by atoms with van der Waals surface area (Å²) in [6, 6.07) is 34.4. The predicted octanol–water partition coefficient (Wildman–Crippen LogP) is 4.09. The van der Waals surface area contributed by atoms with E-state index in [0.717, 1.165) is 6.42 Å². The number of hydrogen-bond donors (Lipinski definition) is 0. The zero-order valence-corrected chi connectivity index (χ0v) is 14.4. The van der Waals surface area contributed by atoms with Gasteiger partial charge in [-0.05, 0) is 29.2 Å². The average Bonchev–Trinajstić information content (AvgIpc) is 2.68. The molecule has 0 aliphatic rings. The third-order valence-corrected chi connectivity index (χ3v) is 8.29. The van der Waals surface area contributed by atoms with Crippen molar-refractivity contribution in [2.75, 3.05) is 0 Å². The molecule has 0 unspecified atom stereocenters. The molecule has 0 aliphatic carbocycles. The Morgan fingerprint density at radius 3 is 1.38 bits per heavy atom. The maximum absolute atomic E-state index is 9.02. The minimum Gasteiger partial charge on any atom is -0.198 e. The SMILES string of the molecule is N#[11C]CCC=P(c1ccccc1)(c1ccccc1)c1ccccc1. The summed E-state index contributed by atoms with van der Waals surface area (Å²) in [7, 11) is 0. The van der Waals surface area contributed by atoms with Gasteiger partial charge in [0.1, 0.15) is 0 Å². The van der Waals surface area contributed by atoms with E-state index in [9.17, 15) is 0 Å². The fourth-order valence-electron chi connectivity index (χ4n) is 3.08. The highest BCUT2D eigenvalue weighted by atomic mass is 31.2. The number of nitriles is 1. The molecule has 1 nitrogen and oxygen atoms in total. The van der Waals surface area contributed by atoms with Crippen LogP contribution in [0.2, 0.25) is 0 Å². The van der Waals surface area contributed by atoms with E-state index in [4.69, 9.17) is 5.26 Å². The summed E-state index contributed by atoms with van der Waals surface area (Å²) in [5, 5.41) is 13.0. The van der Waals surface area contributed by atoms with Gasteiger partial charge in [0.05, 0.1) is 6.07 Å². The normalized spacial score (nSPS) is 10.8. The van der Waals surface area contributed by atoms with E-state index in [1.165, 1.54) is 15.9 Å². The predicted molar refractivity (Wildman–Crippen MR) is 106 cm³/mol. The Morgan fingerprint density at radius 2 is 1.04 bits per heavy atom. The molecule has 0 radical (unpaired) electrons. The molecule has 118 valence electrons. The van der Waals surface area contributed by atoms with Crippen LogP contribution in [0.1, 0.15) is 12.8 Å². The molecule has 3 aromatic carbocycles. The van der Waals surface area contributed by atoms with Crippen molar-refractivity contribution in [2.45, 2.75) is 12.8 Å². The molecule has 0 fully saturated rings. The van der Waals surface area contributed by atoms with Crippen LogP contribution in [0, 0.1) is 11.3 Å². The van der Waals surface area contributed by atoms with E-state index in [1.807, 2.05) is 0 Å². The zero-order valence-electron chi connectivity index (χ0n) is 13.5. The maximum Gasteiger partial charge on any atom is 0.0625 e. The molecule has 0 N–H and O–H groups in total. The van der Waals surface area contributed by atoms with Gasteiger partial charge in [0.25, 0.3) is 0 Å². The fourth-order valence-corrected chi connectivity index (χ4v) is 7.05. The quantitative estimate of drug-likeness (QED) is 0.511. The summed E-state index contributed by atoms with van der Waals surface area (Å²) >= 11 is 0. The van der Waals surface area contributed by atoms with Gasteiger partial charge < -0.3 is 0 Å². The number of rotatable bonds is 5. The van der Waals surface area contributed by atoms with E-state index < -0.39 is 6.89 Å². The smallest absolute Gasteiger partial charge is 0.0625 e. The molecule has 3 rings (SSSR count). The highest BCUT2D eigenvalue weighted by molar-refractivity contribution is 7.94. The molecule has 24 heavy (non-hydrogen) atoms. The lowest BCUT2D eigenvalue weighted by atomic mass is 10.1. The van der Waals surface area contributed by atoms with Crippen molar-refractivity contribution in [3.8, 4) is 6.07 Å². The molecule has 0 aromatic heterocycles. The van der Waals surface area contributed by atoms with Gasteiger partial charge in [-0.3, -0.25) is 0 Å². The summed E-state index contributed by atoms with van der Waals surface area (Å²) in [4.78, 5) is 0. The second-order valence-corrected chi connectivity index (χ2v) is 8.97. The van der Waals surface area contributed by atoms with Gasteiger partial charge in [-0.25, -0.2) is 0 Å². The highest BCUT2D eigenvalue weighted by Crippen LogP contribution is 2.43. The van der Waals surface area contributed by atoms with Crippen LogP contribution in [-0.4, -0.2) is 5.80 Å². The Bertz CT molecular complexity index is 759. The van der Waals surface area contributed by atoms with Crippen molar-refractivity contribution in [3.63, 3.8) is 0 Å². The summed E-state index contributed by atoms with van der Waals surface area (Å²) in [6.45, 7) is -1.86. The fraction of sp³-hybridized carbons (Fsp3) is 0.0909. The minimum atomic E-state index is -1.86. The van der Waals surface area contributed by atoms with Crippen molar-refractivity contribution in [1.82, 2.24) is 0 Å². The maximum atomic E-state index is 9.02. The lowest BCUT2D eigenvalue weighted by molar-refractivity contribution is 1.14. The molecule has 0 saturated carbocycles. The topological polar surface area (TPSA) is 23.8 Å². The van der Waals surface area contributed by atoms with Gasteiger partial charge in [0.2, 0.25) is 0 Å². The van der Waals surface area contributed by atoms with Crippen LogP contribution >= 0.6 is 6.89 Å². The Labute approximate surface area is 144 Å². The van der Waals surface area contributed by atoms with E-state index in [1.54, 1.807) is 0 Å². The van der Waals surface area contributed by atoms with Crippen LogP contribution in [0.3, 0.4) is 0 Å². The van der Waals surface area contributed by atoms with Crippen molar-refractivity contribution >= 4 is 28.6 Å². The monoisotopic (exact) mass is 328 g/mol. The molecule has 0 spiro atoms. The van der Waals surface area contributed by atoms with Crippen molar-refractivity contribution in [1.29, 1.82) is 5.26 Å². The Morgan fingerprint density at radius 1 is 0.667 bits per heavy atom. The number of hydrogen-bond acceptors (Lipinski definition) is 1. The lowest BCUT2D eigenvalue weighted by Crippen LogP contribution is -2.26. The first-order valence-electron chi connectivity index (χ1n) is 8.15. The second kappa shape index (κ2) is 7.82. The number of nitrogens with zero attached hydrogens (tertiary/aromatic N) is 1. The van der Waals surface area contributed by atoms with Gasteiger partial charge in [-0.15, -0.1) is 0 Å². The summed E-state index contributed by atoms with van der Waals surface area (Å²) in [6.07, 6.45) is 1.34. The van der Waals surface area contributed by atoms with Crippen LogP contribution in [0.15, 0.2) is 91.0 Å². The average molecular weight is 328 g/mol. The van der Waals surface area contributed by atoms with Crippen molar-refractivity contribution < 1.29 is 0 Å². The first kappa shape index (κ1) is 16.3. The molecule has 0 bridgehead atoms. The minimum absolute atomic E-state index is 0.550. The Kier molecular flexibility index (Phi) is 5.32. The van der Waals surface area contributed by atoms with Gasteiger partial charge >= 0.3 is 0 Å². The van der Waals surface area contributed by atoms with Crippen LogP contribution < -0.4 is 15.9 Å². The molecule has 0 heterocycles. The van der Waals surface area contributed by atoms with Crippen LogP contribution in [0.5, 0.6) is 0 Å². The standard InChI is InChI=1S/C22H20NP/c23-18-10-11-19-24(20-12-4-1-5-13-20,21-14-6-2-7-15-21)22-16-8-3-9-17-22/h1-9,12-17,19H,10-11H2/i18-1. The third-order valence-electron chi connectivity index (χ3n) is 4.15. The second-order valence-electron chi connectivity index (χ2n) is 5.61. The molecule has 0 aliphatic heterocycles. The van der Waals surface area contributed by atoms with Crippen LogP contribution in [0.4, 0.5) is 0 Å². The van der Waals surface area contributed by atoms with E-state index in [0.29, 0.717) is 6.42 Å². The molecular weight excluding hydrogens is 308 g/mol. The Hall–Kier alpha value is -2.55. The van der Waals surface area contributed by atoms with E-state index in [2.05, 4.69) is 103 Å². The first-order chi connectivity index (χ1) is 11.9. The van der Waals surface area contributed by atoms with Crippen LogP contribution in [0.25, 0.3) is 0 Å². The molecule has 2 heteroatoms. The molecule has 0 saturated heterocycles. The summed E-state index contributed by atoms with van der Waals surface area (Å²) < 4.78 is 0. The highest BCUT2D eigenvalue weighted by Gasteiger charge is 2.24. The molecule has 3 aromatic rings. The molecular formula is C22H20NP. The lowest BCUT2D eigenvalue weighted by Gasteiger charge is -2.28. The number of benzene rings is 3. The van der Waals surface area contributed by atoms with Gasteiger partial charge in [0.15, 0.2) is 0 Å². The van der Waals surface area contributed by atoms with Gasteiger partial charge in [-0.1, -0.05) is 96.8 Å². The van der Waals surface area contributed by atoms with Crippen molar-refractivity contribution in [2.24, 2.45) is 0 Å². The first-order valence-corrected chi connectivity index (χ1v) is 10.0. The third kappa shape index (κ3) is 3.21. The summed E-state index contributed by atoms with van der Waals surface area (Å²) in [5.41, 5.74) is 0. The van der Waals surface area contributed by atoms with E-state index in [-0.39, 0.29) is 0 Å². The Balaban J connectivity index is 2.33.